The summed E-state index contributed by atoms with van der Waals surface area (Å²) >= 11 is 5.73. The first-order chi connectivity index (χ1) is 15.8. The number of hydrogen-bond acceptors (Lipinski definition) is 3. The summed E-state index contributed by atoms with van der Waals surface area (Å²) in [7, 11) is 2.12. The number of benzene rings is 2. The van der Waals surface area contributed by atoms with Crippen LogP contribution >= 0.6 is 12.2 Å². The van der Waals surface area contributed by atoms with Gasteiger partial charge in [0.2, 0.25) is 0 Å². The minimum absolute atomic E-state index is 0.0647. The van der Waals surface area contributed by atoms with Gasteiger partial charge in [-0.05, 0) is 80.5 Å². The average molecular weight is 459 g/mol. The van der Waals surface area contributed by atoms with E-state index in [9.17, 15) is 4.39 Å². The normalized spacial score (nSPS) is 21.5. The molecule has 6 heteroatoms. The number of likely N-dealkylation sites (N-methyl/N-ethyl adjacent to an activating group) is 1. The first-order valence-electron chi connectivity index (χ1n) is 11.1. The van der Waals surface area contributed by atoms with Crippen molar-refractivity contribution >= 4 is 34.3 Å². The number of nitrogens with zero attached hydrogens (tertiary/aromatic N) is 3. The van der Waals surface area contributed by atoms with Gasteiger partial charge in [-0.25, -0.2) is 4.39 Å². The van der Waals surface area contributed by atoms with Gasteiger partial charge in [-0.2, -0.15) is 0 Å². The lowest BCUT2D eigenvalue weighted by molar-refractivity contribution is 0.557. The molecule has 3 aromatic rings. The summed E-state index contributed by atoms with van der Waals surface area (Å²) in [5.41, 5.74) is 5.92. The Kier molecular flexibility index (Phi) is 5.20. The van der Waals surface area contributed by atoms with E-state index in [2.05, 4.69) is 67.3 Å². The van der Waals surface area contributed by atoms with Crippen molar-refractivity contribution in [2.45, 2.75) is 38.4 Å². The largest absolute Gasteiger partial charge is 0.366 e. The highest BCUT2D eigenvalue weighted by Gasteiger charge is 2.42. The van der Waals surface area contributed by atoms with E-state index in [1.807, 2.05) is 29.2 Å². The van der Waals surface area contributed by atoms with Gasteiger partial charge in [0.15, 0.2) is 5.11 Å². The van der Waals surface area contributed by atoms with Crippen LogP contribution in [0.3, 0.4) is 0 Å². The van der Waals surface area contributed by atoms with Crippen molar-refractivity contribution < 1.29 is 4.39 Å². The number of aromatic nitrogens is 1. The van der Waals surface area contributed by atoms with Crippen LogP contribution in [-0.4, -0.2) is 22.7 Å². The summed E-state index contributed by atoms with van der Waals surface area (Å²) in [6, 6.07) is 18.7. The fraction of sp³-hybridized carbons (Fsp3) is 0.259. The molecule has 0 radical (unpaired) electrons. The second kappa shape index (κ2) is 7.96. The van der Waals surface area contributed by atoms with Gasteiger partial charge < -0.3 is 15.1 Å². The highest BCUT2D eigenvalue weighted by atomic mass is 32.1. The van der Waals surface area contributed by atoms with Gasteiger partial charge in [0.05, 0.1) is 29.0 Å². The van der Waals surface area contributed by atoms with E-state index in [-0.39, 0.29) is 23.4 Å². The number of allylic oxidation sites excluding steroid dienone is 1. The highest BCUT2D eigenvalue weighted by molar-refractivity contribution is 7.80. The number of hydrogen-bond donors (Lipinski definition) is 1. The topological polar surface area (TPSA) is 31.4 Å². The minimum atomic E-state index is -0.302. The zero-order chi connectivity index (χ0) is 23.3. The van der Waals surface area contributed by atoms with Gasteiger partial charge in [0.1, 0.15) is 5.82 Å². The summed E-state index contributed by atoms with van der Waals surface area (Å²) in [4.78, 5) is 8.78. The van der Waals surface area contributed by atoms with Crippen molar-refractivity contribution in [2.24, 2.45) is 0 Å². The zero-order valence-corrected chi connectivity index (χ0v) is 20.0. The summed E-state index contributed by atoms with van der Waals surface area (Å²) < 4.78 is 14.9. The van der Waals surface area contributed by atoms with E-state index in [1.54, 1.807) is 18.3 Å². The molecule has 168 valence electrons. The van der Waals surface area contributed by atoms with E-state index >= 15 is 0 Å². The molecule has 33 heavy (non-hydrogen) atoms. The van der Waals surface area contributed by atoms with Gasteiger partial charge in [-0.15, -0.1) is 0 Å². The Balaban J connectivity index is 1.67. The van der Waals surface area contributed by atoms with Crippen molar-refractivity contribution in [2.75, 3.05) is 16.8 Å². The monoisotopic (exact) mass is 458 g/mol. The number of thiocarbonyl (C=S) groups is 1. The van der Waals surface area contributed by atoms with E-state index < -0.39 is 0 Å². The average Bonchev–Trinajstić information content (AvgIpc) is 3.15. The summed E-state index contributed by atoms with van der Waals surface area (Å²) in [6.07, 6.45) is 4.07. The fourth-order valence-corrected chi connectivity index (χ4v) is 5.30. The van der Waals surface area contributed by atoms with Crippen LogP contribution in [0.25, 0.3) is 5.57 Å². The molecule has 1 aromatic heterocycles. The number of rotatable bonds is 3. The molecule has 3 heterocycles. The van der Waals surface area contributed by atoms with Crippen LogP contribution in [0, 0.1) is 5.82 Å². The van der Waals surface area contributed by atoms with Gasteiger partial charge in [0.25, 0.3) is 0 Å². The molecule has 0 amide bonds. The summed E-state index contributed by atoms with van der Waals surface area (Å²) in [5.74, 6) is -0.302. The van der Waals surface area contributed by atoms with E-state index in [1.165, 1.54) is 22.9 Å². The number of para-hydroxylation sites is 1. The highest BCUT2D eigenvalue weighted by Crippen LogP contribution is 2.45. The second-order valence-electron chi connectivity index (χ2n) is 9.26. The first kappa shape index (κ1) is 21.6. The van der Waals surface area contributed by atoms with Crippen molar-refractivity contribution in [3.63, 3.8) is 0 Å². The lowest BCUT2D eigenvalue weighted by Crippen LogP contribution is -2.42. The maximum atomic E-state index is 14.9. The maximum Gasteiger partial charge on any atom is 0.174 e. The molecule has 4 nitrogen and oxygen atoms in total. The summed E-state index contributed by atoms with van der Waals surface area (Å²) in [5, 5.41) is 3.90. The molecule has 1 fully saturated rings. The molecule has 2 aliphatic heterocycles. The Hall–Kier alpha value is -3.25. The van der Waals surface area contributed by atoms with Crippen molar-refractivity contribution in [1.29, 1.82) is 0 Å². The fourth-order valence-electron chi connectivity index (χ4n) is 4.96. The lowest BCUT2D eigenvalue weighted by atomic mass is 9.86. The zero-order valence-electron chi connectivity index (χ0n) is 19.2. The number of halogens is 1. The van der Waals surface area contributed by atoms with E-state index in [0.29, 0.717) is 10.8 Å². The molecule has 0 saturated carbocycles. The maximum absolute atomic E-state index is 14.9. The van der Waals surface area contributed by atoms with Crippen LogP contribution in [0.2, 0.25) is 0 Å². The van der Waals surface area contributed by atoms with Gasteiger partial charge >= 0.3 is 0 Å². The molecule has 2 aromatic carbocycles. The number of nitrogens with one attached hydrogen (secondary N) is 1. The van der Waals surface area contributed by atoms with Crippen molar-refractivity contribution in [3.8, 4) is 0 Å². The Morgan fingerprint density at radius 2 is 1.79 bits per heavy atom. The van der Waals surface area contributed by atoms with E-state index in [0.717, 1.165) is 11.3 Å². The standard InChI is InChI=1S/C27H27FN4S/c1-17-16-27(2,3)31(4)22-13-12-18(15-19(17)22)25-24(21-10-7-8-14-29-21)30-26(33)32(25)23-11-6-5-9-20(23)28/h5-16,24-25H,1-4H3,(H,30,33)/t24-,25+/m0/s1. The van der Waals surface area contributed by atoms with E-state index in [4.69, 9.17) is 12.2 Å². The van der Waals surface area contributed by atoms with Gasteiger partial charge in [-0.3, -0.25) is 4.98 Å². The van der Waals surface area contributed by atoms with Crippen molar-refractivity contribution in [1.82, 2.24) is 10.3 Å². The number of anilines is 2. The quantitative estimate of drug-likeness (QED) is 0.485. The predicted octanol–water partition coefficient (Wildman–Crippen LogP) is 6.03. The molecule has 1 N–H and O–H groups in total. The van der Waals surface area contributed by atoms with Crippen LogP contribution in [0.1, 0.15) is 49.7 Å². The smallest absolute Gasteiger partial charge is 0.174 e. The Morgan fingerprint density at radius 1 is 1.03 bits per heavy atom. The Labute approximate surface area is 199 Å². The molecule has 0 bridgehead atoms. The number of fused-ring (bicyclic) bond motifs is 1. The molecule has 0 unspecified atom stereocenters. The molecule has 0 aliphatic carbocycles. The molecule has 1 saturated heterocycles. The van der Waals surface area contributed by atoms with Gasteiger partial charge in [-0.1, -0.05) is 30.3 Å². The Bertz CT molecular complexity index is 1250. The van der Waals surface area contributed by atoms with Crippen LogP contribution in [-0.2, 0) is 0 Å². The lowest BCUT2D eigenvalue weighted by Gasteiger charge is -2.41. The predicted molar refractivity (Wildman–Crippen MR) is 137 cm³/mol. The SMILES string of the molecule is CC1=CC(C)(C)N(C)c2ccc([C@@H]3[C@H](c4ccccn4)NC(=S)N3c3ccccc3F)cc21. The third kappa shape index (κ3) is 3.59. The van der Waals surface area contributed by atoms with Crippen LogP contribution in [0.5, 0.6) is 0 Å². The molecule has 0 spiro atoms. The molecular weight excluding hydrogens is 431 g/mol. The molecule has 2 atom stereocenters. The molecule has 5 rings (SSSR count). The van der Waals surface area contributed by atoms with Gasteiger partial charge in [0, 0.05) is 24.5 Å². The molecular formula is C27H27FN4S. The third-order valence-corrected chi connectivity index (χ3v) is 7.11. The van der Waals surface area contributed by atoms with Crippen LogP contribution in [0.4, 0.5) is 15.8 Å². The number of pyridine rings is 1. The van der Waals surface area contributed by atoms with Crippen molar-refractivity contribution in [3.05, 3.63) is 95.6 Å². The van der Waals surface area contributed by atoms with Crippen LogP contribution in [0.15, 0.2) is 72.9 Å². The van der Waals surface area contributed by atoms with Crippen LogP contribution < -0.4 is 15.1 Å². The minimum Gasteiger partial charge on any atom is -0.366 e. The Morgan fingerprint density at radius 3 is 2.52 bits per heavy atom. The molecule has 2 aliphatic rings. The third-order valence-electron chi connectivity index (χ3n) is 6.79. The second-order valence-corrected chi connectivity index (χ2v) is 9.65. The summed E-state index contributed by atoms with van der Waals surface area (Å²) in [6.45, 7) is 6.58. The first-order valence-corrected chi connectivity index (χ1v) is 11.5.